The molecule has 0 unspecified atom stereocenters. The average molecular weight is 257 g/mol. The van der Waals surface area contributed by atoms with E-state index < -0.39 is 0 Å². The molecule has 0 N–H and O–H groups in total. The third-order valence-electron chi connectivity index (χ3n) is 2.79. The maximum Gasteiger partial charge on any atom is 0.230 e. The number of hydrogen-bond acceptors (Lipinski definition) is 4. The van der Waals surface area contributed by atoms with Crippen LogP contribution in [0.25, 0.3) is 0 Å². The van der Waals surface area contributed by atoms with Crippen molar-refractivity contribution in [3.63, 3.8) is 0 Å². The van der Waals surface area contributed by atoms with Gasteiger partial charge in [-0.3, -0.25) is 0 Å². The first kappa shape index (κ1) is 13.0. The van der Waals surface area contributed by atoms with Gasteiger partial charge in [0.05, 0.1) is 12.8 Å². The molecule has 0 saturated heterocycles. The molecule has 1 aromatic carbocycles. The molecule has 0 radical (unpaired) electrons. The van der Waals surface area contributed by atoms with Crippen molar-refractivity contribution in [1.29, 1.82) is 5.26 Å². The van der Waals surface area contributed by atoms with Crippen LogP contribution in [0.2, 0.25) is 0 Å². The highest BCUT2D eigenvalue weighted by Crippen LogP contribution is 2.22. The fraction of sp³-hybridized carbons (Fsp3) is 0.286. The first-order chi connectivity index (χ1) is 9.15. The summed E-state index contributed by atoms with van der Waals surface area (Å²) in [4.78, 5) is 0. The third kappa shape index (κ3) is 2.68. The molecule has 2 aromatic rings. The summed E-state index contributed by atoms with van der Waals surface area (Å²) in [7, 11) is 3.38. The minimum Gasteiger partial charge on any atom is -0.497 e. The zero-order chi connectivity index (χ0) is 13.8. The van der Waals surface area contributed by atoms with E-state index in [0.717, 1.165) is 11.3 Å². The highest BCUT2D eigenvalue weighted by atomic mass is 16.5. The number of benzene rings is 1. The summed E-state index contributed by atoms with van der Waals surface area (Å²) in [5.41, 5.74) is 2.12. The second kappa shape index (κ2) is 5.44. The molecule has 19 heavy (non-hydrogen) atoms. The van der Waals surface area contributed by atoms with Gasteiger partial charge in [-0.15, -0.1) is 0 Å². The van der Waals surface area contributed by atoms with Gasteiger partial charge >= 0.3 is 0 Å². The molecule has 1 heterocycles. The first-order valence-electron chi connectivity index (χ1n) is 5.85. The molecule has 0 spiro atoms. The lowest BCUT2D eigenvalue weighted by atomic mass is 10.2. The van der Waals surface area contributed by atoms with Crippen molar-refractivity contribution in [2.24, 2.45) is 7.05 Å². The van der Waals surface area contributed by atoms with Crippen LogP contribution in [0.15, 0.2) is 24.3 Å². The lowest BCUT2D eigenvalue weighted by Crippen LogP contribution is -2.02. The molecule has 5 nitrogen and oxygen atoms in total. The van der Waals surface area contributed by atoms with E-state index in [1.165, 1.54) is 0 Å². The van der Waals surface area contributed by atoms with Gasteiger partial charge in [0.2, 0.25) is 5.88 Å². The van der Waals surface area contributed by atoms with Crippen LogP contribution in [0.3, 0.4) is 0 Å². The van der Waals surface area contributed by atoms with Crippen LogP contribution >= 0.6 is 0 Å². The number of rotatable bonds is 4. The summed E-state index contributed by atoms with van der Waals surface area (Å²) < 4.78 is 12.4. The van der Waals surface area contributed by atoms with Crippen molar-refractivity contribution in [2.45, 2.75) is 13.5 Å². The second-order valence-corrected chi connectivity index (χ2v) is 4.14. The van der Waals surface area contributed by atoms with Gasteiger partial charge in [0, 0.05) is 7.05 Å². The Morgan fingerprint density at radius 1 is 1.42 bits per heavy atom. The number of methoxy groups -OCH3 is 1. The fourth-order valence-corrected chi connectivity index (χ4v) is 1.85. The molecular weight excluding hydrogens is 242 g/mol. The minimum atomic E-state index is 0.366. The van der Waals surface area contributed by atoms with Crippen molar-refractivity contribution in [2.75, 3.05) is 7.11 Å². The molecule has 0 aliphatic carbocycles. The second-order valence-electron chi connectivity index (χ2n) is 4.14. The average Bonchev–Trinajstić information content (AvgIpc) is 2.70. The van der Waals surface area contributed by atoms with Gasteiger partial charge in [0.15, 0.2) is 0 Å². The quantitative estimate of drug-likeness (QED) is 0.842. The molecule has 98 valence electrons. The summed E-state index contributed by atoms with van der Waals surface area (Å²) in [6, 6.07) is 9.72. The molecule has 2 rings (SSSR count). The molecule has 0 atom stereocenters. The van der Waals surface area contributed by atoms with Gasteiger partial charge in [-0.2, -0.15) is 10.4 Å². The van der Waals surface area contributed by atoms with E-state index in [1.54, 1.807) is 25.8 Å². The van der Waals surface area contributed by atoms with Crippen molar-refractivity contribution in [1.82, 2.24) is 9.78 Å². The zero-order valence-electron chi connectivity index (χ0n) is 11.2. The van der Waals surface area contributed by atoms with E-state index in [-0.39, 0.29) is 0 Å². The van der Waals surface area contributed by atoms with Crippen LogP contribution in [0, 0.1) is 18.3 Å². The molecule has 0 amide bonds. The van der Waals surface area contributed by atoms with Crippen LogP contribution < -0.4 is 9.47 Å². The highest BCUT2D eigenvalue weighted by molar-refractivity contribution is 5.42. The molecule has 5 heteroatoms. The Morgan fingerprint density at radius 2 is 2.21 bits per heavy atom. The Balaban J connectivity index is 2.17. The maximum absolute atomic E-state index is 9.09. The van der Waals surface area contributed by atoms with Crippen molar-refractivity contribution in [3.8, 4) is 17.7 Å². The Morgan fingerprint density at radius 3 is 2.89 bits per heavy atom. The predicted molar refractivity (Wildman–Crippen MR) is 70.0 cm³/mol. The number of nitrogens with zero attached hydrogens (tertiary/aromatic N) is 3. The third-order valence-corrected chi connectivity index (χ3v) is 2.79. The maximum atomic E-state index is 9.09. The van der Waals surface area contributed by atoms with E-state index in [1.807, 2.05) is 24.3 Å². The number of hydrogen-bond donors (Lipinski definition) is 0. The summed E-state index contributed by atoms with van der Waals surface area (Å²) >= 11 is 0. The smallest absolute Gasteiger partial charge is 0.230 e. The number of ether oxygens (including phenoxy) is 2. The Kier molecular flexibility index (Phi) is 3.71. The summed E-state index contributed by atoms with van der Waals surface area (Å²) in [5.74, 6) is 1.27. The predicted octanol–water partition coefficient (Wildman–Crippen LogP) is 2.19. The molecular formula is C14H15N3O2. The van der Waals surface area contributed by atoms with E-state index in [0.29, 0.717) is 23.7 Å². The standard InChI is InChI=1S/C14H15N3O2/c1-10-13(8-15)14(17(2)16-10)19-9-11-5-4-6-12(7-11)18-3/h4-7H,9H2,1-3H3. The summed E-state index contributed by atoms with van der Waals surface area (Å²) in [6.45, 7) is 2.15. The normalized spacial score (nSPS) is 10.0. The topological polar surface area (TPSA) is 60.1 Å². The molecule has 0 saturated carbocycles. The highest BCUT2D eigenvalue weighted by Gasteiger charge is 2.14. The summed E-state index contributed by atoms with van der Waals surface area (Å²) in [6.07, 6.45) is 0. The lowest BCUT2D eigenvalue weighted by Gasteiger charge is -2.08. The monoisotopic (exact) mass is 257 g/mol. The van der Waals surface area contributed by atoms with Crippen LogP contribution in [-0.2, 0) is 13.7 Å². The van der Waals surface area contributed by atoms with Crippen LogP contribution in [0.1, 0.15) is 16.8 Å². The number of nitriles is 1. The van der Waals surface area contributed by atoms with E-state index in [4.69, 9.17) is 14.7 Å². The van der Waals surface area contributed by atoms with Gasteiger partial charge in [-0.25, -0.2) is 4.68 Å². The van der Waals surface area contributed by atoms with Gasteiger partial charge in [0.1, 0.15) is 24.0 Å². The zero-order valence-corrected chi connectivity index (χ0v) is 11.2. The lowest BCUT2D eigenvalue weighted by molar-refractivity contribution is 0.277. The molecule has 0 aliphatic rings. The van der Waals surface area contributed by atoms with Crippen molar-refractivity contribution < 1.29 is 9.47 Å². The van der Waals surface area contributed by atoms with E-state index >= 15 is 0 Å². The molecule has 0 fully saturated rings. The Hall–Kier alpha value is -2.48. The van der Waals surface area contributed by atoms with Gasteiger partial charge in [0.25, 0.3) is 0 Å². The first-order valence-corrected chi connectivity index (χ1v) is 5.85. The fourth-order valence-electron chi connectivity index (χ4n) is 1.85. The Labute approximate surface area is 112 Å². The van der Waals surface area contributed by atoms with Crippen molar-refractivity contribution >= 4 is 0 Å². The largest absolute Gasteiger partial charge is 0.497 e. The van der Waals surface area contributed by atoms with Crippen LogP contribution in [-0.4, -0.2) is 16.9 Å². The Bertz CT molecular complexity index is 626. The van der Waals surface area contributed by atoms with E-state index in [9.17, 15) is 0 Å². The molecule has 1 aromatic heterocycles. The minimum absolute atomic E-state index is 0.366. The van der Waals surface area contributed by atoms with Gasteiger partial charge in [-0.1, -0.05) is 12.1 Å². The number of aryl methyl sites for hydroxylation is 2. The van der Waals surface area contributed by atoms with Gasteiger partial charge < -0.3 is 9.47 Å². The molecule has 0 bridgehead atoms. The van der Waals surface area contributed by atoms with Crippen molar-refractivity contribution in [3.05, 3.63) is 41.1 Å². The number of aromatic nitrogens is 2. The van der Waals surface area contributed by atoms with E-state index in [2.05, 4.69) is 11.2 Å². The van der Waals surface area contributed by atoms with Gasteiger partial charge in [-0.05, 0) is 24.6 Å². The van der Waals surface area contributed by atoms with Crippen LogP contribution in [0.4, 0.5) is 0 Å². The van der Waals surface area contributed by atoms with Crippen LogP contribution in [0.5, 0.6) is 11.6 Å². The molecule has 0 aliphatic heterocycles. The summed E-state index contributed by atoms with van der Waals surface area (Å²) in [5, 5.41) is 13.3. The SMILES string of the molecule is COc1cccc(COc2c(C#N)c(C)nn2C)c1.